The fourth-order valence-corrected chi connectivity index (χ4v) is 1.69. The van der Waals surface area contributed by atoms with E-state index in [2.05, 4.69) is 5.32 Å². The topological polar surface area (TPSA) is 63.2 Å². The number of hydrogen-bond donors (Lipinski definition) is 1. The first-order valence-corrected chi connectivity index (χ1v) is 4.78. The average Bonchev–Trinajstić information content (AvgIpc) is 2.25. The molecule has 14 heavy (non-hydrogen) atoms. The van der Waals surface area contributed by atoms with E-state index in [1.807, 2.05) is 13.8 Å². The Labute approximate surface area is 83.1 Å². The molecule has 1 rings (SSSR count). The maximum Gasteiger partial charge on any atom is 0.238 e. The first kappa shape index (κ1) is 10.9. The van der Waals surface area contributed by atoms with Crippen LogP contribution in [0.4, 0.5) is 0 Å². The Kier molecular flexibility index (Phi) is 3.03. The van der Waals surface area contributed by atoms with E-state index in [1.165, 1.54) is 6.92 Å². The number of Topliss-reactive ketones (excluding diaryl/α,β-unsaturated/α-hetero) is 2. The number of rotatable bonds is 3. The maximum atomic E-state index is 11.6. The lowest BCUT2D eigenvalue weighted by molar-refractivity contribution is -0.135. The molecule has 0 saturated carbocycles. The van der Waals surface area contributed by atoms with Crippen LogP contribution in [0.3, 0.4) is 0 Å². The molecule has 1 saturated heterocycles. The molecule has 1 fully saturated rings. The average molecular weight is 197 g/mol. The van der Waals surface area contributed by atoms with Crippen LogP contribution in [-0.4, -0.2) is 23.5 Å². The van der Waals surface area contributed by atoms with Gasteiger partial charge in [-0.3, -0.25) is 14.4 Å². The normalized spacial score (nSPS) is 26.9. The van der Waals surface area contributed by atoms with Gasteiger partial charge in [0.05, 0.1) is 6.04 Å². The van der Waals surface area contributed by atoms with E-state index in [4.69, 9.17) is 0 Å². The lowest BCUT2D eigenvalue weighted by atomic mass is 9.95. The highest BCUT2D eigenvalue weighted by Gasteiger charge is 2.43. The number of nitrogens with one attached hydrogen (secondary N) is 1. The fourth-order valence-electron chi connectivity index (χ4n) is 1.69. The van der Waals surface area contributed by atoms with Gasteiger partial charge in [-0.25, -0.2) is 0 Å². The van der Waals surface area contributed by atoms with Gasteiger partial charge < -0.3 is 5.32 Å². The summed E-state index contributed by atoms with van der Waals surface area (Å²) >= 11 is 0. The van der Waals surface area contributed by atoms with Crippen LogP contribution in [0.1, 0.15) is 27.2 Å². The molecule has 0 spiro atoms. The summed E-state index contributed by atoms with van der Waals surface area (Å²) in [5.41, 5.74) is 0. The molecule has 0 aromatic heterocycles. The summed E-state index contributed by atoms with van der Waals surface area (Å²) in [4.78, 5) is 33.9. The highest BCUT2D eigenvalue weighted by molar-refractivity contribution is 6.23. The molecule has 2 atom stereocenters. The summed E-state index contributed by atoms with van der Waals surface area (Å²) in [6.45, 7) is 5.22. The monoisotopic (exact) mass is 197 g/mol. The Morgan fingerprint density at radius 3 is 2.36 bits per heavy atom. The van der Waals surface area contributed by atoms with Crippen molar-refractivity contribution in [2.45, 2.75) is 33.2 Å². The second-order valence-corrected chi connectivity index (χ2v) is 4.14. The van der Waals surface area contributed by atoms with E-state index in [0.717, 1.165) is 0 Å². The van der Waals surface area contributed by atoms with Gasteiger partial charge in [-0.2, -0.15) is 0 Å². The first-order chi connectivity index (χ1) is 6.43. The van der Waals surface area contributed by atoms with Crippen LogP contribution in [0.25, 0.3) is 0 Å². The minimum absolute atomic E-state index is 0.267. The minimum Gasteiger partial charge on any atom is -0.345 e. The van der Waals surface area contributed by atoms with Gasteiger partial charge in [-0.05, 0) is 19.3 Å². The molecule has 4 heteroatoms. The molecule has 1 aliphatic rings. The maximum absolute atomic E-state index is 11.6. The van der Waals surface area contributed by atoms with E-state index in [9.17, 15) is 14.4 Å². The van der Waals surface area contributed by atoms with E-state index in [-0.39, 0.29) is 11.6 Å². The quantitative estimate of drug-likeness (QED) is 0.662. The zero-order valence-corrected chi connectivity index (χ0v) is 8.66. The SMILES string of the molecule is CC(=O)[C@H]1C(=O)N[C@@H](CC(C)C)C1=O. The Morgan fingerprint density at radius 1 is 1.43 bits per heavy atom. The van der Waals surface area contributed by atoms with Gasteiger partial charge in [-0.15, -0.1) is 0 Å². The molecular formula is C10H15NO3. The summed E-state index contributed by atoms with van der Waals surface area (Å²) < 4.78 is 0. The molecule has 0 radical (unpaired) electrons. The summed E-state index contributed by atoms with van der Waals surface area (Å²) in [5.74, 6) is -1.79. The highest BCUT2D eigenvalue weighted by atomic mass is 16.2. The van der Waals surface area contributed by atoms with E-state index in [0.29, 0.717) is 12.3 Å². The summed E-state index contributed by atoms with van der Waals surface area (Å²) in [6, 6.07) is -0.462. The van der Waals surface area contributed by atoms with Crippen molar-refractivity contribution >= 4 is 17.5 Å². The van der Waals surface area contributed by atoms with Crippen molar-refractivity contribution in [1.82, 2.24) is 5.32 Å². The lowest BCUT2D eigenvalue weighted by Gasteiger charge is -2.10. The molecule has 0 unspecified atom stereocenters. The second-order valence-electron chi connectivity index (χ2n) is 4.14. The van der Waals surface area contributed by atoms with Gasteiger partial charge in [0.15, 0.2) is 11.7 Å². The smallest absolute Gasteiger partial charge is 0.238 e. The predicted molar refractivity (Wildman–Crippen MR) is 50.6 cm³/mol. The van der Waals surface area contributed by atoms with Crippen molar-refractivity contribution in [3.8, 4) is 0 Å². The van der Waals surface area contributed by atoms with E-state index >= 15 is 0 Å². The summed E-state index contributed by atoms with van der Waals surface area (Å²) in [5, 5.41) is 2.56. The Hall–Kier alpha value is -1.19. The lowest BCUT2D eigenvalue weighted by Crippen LogP contribution is -2.30. The molecule has 4 nitrogen and oxygen atoms in total. The van der Waals surface area contributed by atoms with Gasteiger partial charge >= 0.3 is 0 Å². The van der Waals surface area contributed by atoms with Crippen molar-refractivity contribution < 1.29 is 14.4 Å². The molecule has 1 heterocycles. The van der Waals surface area contributed by atoms with Gasteiger partial charge in [0, 0.05) is 0 Å². The number of hydrogen-bond acceptors (Lipinski definition) is 3. The zero-order valence-electron chi connectivity index (χ0n) is 8.66. The van der Waals surface area contributed by atoms with Crippen LogP contribution in [0.5, 0.6) is 0 Å². The first-order valence-electron chi connectivity index (χ1n) is 4.78. The van der Waals surface area contributed by atoms with Crippen LogP contribution in [0, 0.1) is 11.8 Å². The van der Waals surface area contributed by atoms with Crippen molar-refractivity contribution in [2.24, 2.45) is 11.8 Å². The standard InChI is InChI=1S/C10H15NO3/c1-5(2)4-7-9(13)8(6(3)12)10(14)11-7/h5,7-8H,4H2,1-3H3,(H,11,14)/t7-,8+/m0/s1. The van der Waals surface area contributed by atoms with Gasteiger partial charge in [0.1, 0.15) is 5.78 Å². The Morgan fingerprint density at radius 2 is 2.00 bits per heavy atom. The molecular weight excluding hydrogens is 182 g/mol. The van der Waals surface area contributed by atoms with Crippen LogP contribution < -0.4 is 5.32 Å². The van der Waals surface area contributed by atoms with Crippen molar-refractivity contribution in [3.05, 3.63) is 0 Å². The second kappa shape index (κ2) is 3.90. The Bertz CT molecular complexity index is 283. The number of carbonyl (C=O) groups excluding carboxylic acids is 3. The molecule has 0 aromatic carbocycles. The number of amides is 1. The van der Waals surface area contributed by atoms with Crippen molar-refractivity contribution in [2.75, 3.05) is 0 Å². The third-order valence-electron chi connectivity index (χ3n) is 2.32. The van der Waals surface area contributed by atoms with E-state index < -0.39 is 17.9 Å². The number of ketones is 2. The molecule has 0 bridgehead atoms. The Balaban J connectivity index is 2.74. The number of carbonyl (C=O) groups is 3. The molecule has 1 amide bonds. The molecule has 0 aliphatic carbocycles. The molecule has 0 aromatic rings. The highest BCUT2D eigenvalue weighted by Crippen LogP contribution is 2.17. The van der Waals surface area contributed by atoms with Crippen LogP contribution >= 0.6 is 0 Å². The fraction of sp³-hybridized carbons (Fsp3) is 0.700. The predicted octanol–water partition coefficient (Wildman–Crippen LogP) is 0.305. The third kappa shape index (κ3) is 2.00. The minimum atomic E-state index is -1.06. The van der Waals surface area contributed by atoms with Crippen LogP contribution in [0.2, 0.25) is 0 Å². The third-order valence-corrected chi connectivity index (χ3v) is 2.32. The van der Waals surface area contributed by atoms with Crippen LogP contribution in [-0.2, 0) is 14.4 Å². The largest absolute Gasteiger partial charge is 0.345 e. The van der Waals surface area contributed by atoms with Crippen LogP contribution in [0.15, 0.2) is 0 Å². The zero-order chi connectivity index (χ0) is 10.9. The summed E-state index contributed by atoms with van der Waals surface area (Å²) in [7, 11) is 0. The van der Waals surface area contributed by atoms with Crippen molar-refractivity contribution in [1.29, 1.82) is 0 Å². The molecule has 1 aliphatic heterocycles. The van der Waals surface area contributed by atoms with Gasteiger partial charge in [0.2, 0.25) is 5.91 Å². The van der Waals surface area contributed by atoms with Crippen molar-refractivity contribution in [3.63, 3.8) is 0 Å². The molecule has 1 N–H and O–H groups in total. The van der Waals surface area contributed by atoms with Gasteiger partial charge in [-0.1, -0.05) is 13.8 Å². The summed E-state index contributed by atoms with van der Waals surface area (Å²) in [6.07, 6.45) is 0.606. The van der Waals surface area contributed by atoms with Gasteiger partial charge in [0.25, 0.3) is 0 Å². The molecule has 78 valence electrons. The van der Waals surface area contributed by atoms with E-state index in [1.54, 1.807) is 0 Å².